The van der Waals surface area contributed by atoms with E-state index in [-0.39, 0.29) is 0 Å². The Morgan fingerprint density at radius 2 is 1.95 bits per heavy atom. The van der Waals surface area contributed by atoms with Crippen molar-refractivity contribution in [1.82, 2.24) is 4.98 Å². The largest absolute Gasteiger partial charge is 0.487 e. The lowest BCUT2D eigenvalue weighted by atomic mass is 10.4. The van der Waals surface area contributed by atoms with Gasteiger partial charge in [0.2, 0.25) is 0 Å². The summed E-state index contributed by atoms with van der Waals surface area (Å²) in [7, 11) is 3.85. The molecule has 0 radical (unpaired) electrons. The molecule has 1 rings (SSSR count). The van der Waals surface area contributed by atoms with Gasteiger partial charge in [-0.25, -0.2) is 4.98 Å². The van der Waals surface area contributed by atoms with Gasteiger partial charge in [0, 0.05) is 20.3 Å². The highest BCUT2D eigenvalue weighted by Gasteiger charge is 2.05. The molecule has 19 heavy (non-hydrogen) atoms. The van der Waals surface area contributed by atoms with Crippen LogP contribution in [-0.2, 0) is 9.47 Å². The van der Waals surface area contributed by atoms with Crippen LogP contribution < -0.4 is 9.64 Å². The van der Waals surface area contributed by atoms with Gasteiger partial charge in [0.15, 0.2) is 11.6 Å². The van der Waals surface area contributed by atoms with E-state index in [1.54, 1.807) is 6.20 Å². The van der Waals surface area contributed by atoms with Crippen LogP contribution in [0, 0.1) is 12.3 Å². The fraction of sp³-hybridized carbons (Fsp3) is 0.500. The summed E-state index contributed by atoms with van der Waals surface area (Å²) in [5, 5.41) is 0. The van der Waals surface area contributed by atoms with E-state index in [2.05, 4.69) is 10.9 Å². The third kappa shape index (κ3) is 6.09. The third-order valence-electron chi connectivity index (χ3n) is 2.22. The number of aromatic nitrogens is 1. The Hall–Kier alpha value is -1.77. The monoisotopic (exact) mass is 264 g/mol. The predicted octanol–water partition coefficient (Wildman–Crippen LogP) is 1.19. The van der Waals surface area contributed by atoms with E-state index in [0.717, 1.165) is 11.6 Å². The zero-order valence-corrected chi connectivity index (χ0v) is 11.5. The van der Waals surface area contributed by atoms with Crippen LogP contribution in [0.4, 0.5) is 5.82 Å². The van der Waals surface area contributed by atoms with Gasteiger partial charge < -0.3 is 19.1 Å². The molecular formula is C14H20N2O3. The van der Waals surface area contributed by atoms with Crippen LogP contribution in [0.25, 0.3) is 0 Å². The number of pyridine rings is 1. The first-order chi connectivity index (χ1) is 9.25. The first-order valence-electron chi connectivity index (χ1n) is 6.09. The Bertz CT molecular complexity index is 402. The molecule has 0 saturated heterocycles. The summed E-state index contributed by atoms with van der Waals surface area (Å²) in [6.07, 6.45) is 6.79. The minimum Gasteiger partial charge on any atom is -0.487 e. The number of rotatable bonds is 9. The Morgan fingerprint density at radius 3 is 2.68 bits per heavy atom. The Kier molecular flexibility index (Phi) is 7.40. The number of hydrogen-bond acceptors (Lipinski definition) is 5. The second-order valence-electron chi connectivity index (χ2n) is 3.94. The molecule has 0 aromatic carbocycles. The molecule has 5 nitrogen and oxygen atoms in total. The first kappa shape index (κ1) is 15.3. The lowest BCUT2D eigenvalue weighted by Gasteiger charge is -2.16. The summed E-state index contributed by atoms with van der Waals surface area (Å²) < 4.78 is 16.1. The highest BCUT2D eigenvalue weighted by molar-refractivity contribution is 5.50. The molecule has 0 atom stereocenters. The maximum atomic E-state index is 5.62. The molecule has 0 aliphatic carbocycles. The molecule has 1 aromatic rings. The summed E-state index contributed by atoms with van der Waals surface area (Å²) in [6.45, 7) is 2.31. The van der Waals surface area contributed by atoms with Crippen molar-refractivity contribution in [2.75, 3.05) is 52.0 Å². The van der Waals surface area contributed by atoms with Gasteiger partial charge in [-0.1, -0.05) is 5.92 Å². The number of anilines is 1. The van der Waals surface area contributed by atoms with Crippen molar-refractivity contribution in [3.8, 4) is 18.1 Å². The highest BCUT2D eigenvalue weighted by Crippen LogP contribution is 2.22. The van der Waals surface area contributed by atoms with Crippen molar-refractivity contribution >= 4 is 5.82 Å². The van der Waals surface area contributed by atoms with Gasteiger partial charge >= 0.3 is 0 Å². The Labute approximate surface area is 114 Å². The predicted molar refractivity (Wildman–Crippen MR) is 74.5 cm³/mol. The van der Waals surface area contributed by atoms with Gasteiger partial charge in [0.1, 0.15) is 13.2 Å². The molecule has 1 aromatic heterocycles. The van der Waals surface area contributed by atoms with Gasteiger partial charge in [-0.3, -0.25) is 0 Å². The van der Waals surface area contributed by atoms with Crippen LogP contribution in [-0.4, -0.2) is 52.1 Å². The summed E-state index contributed by atoms with van der Waals surface area (Å²) >= 11 is 0. The lowest BCUT2D eigenvalue weighted by Crippen LogP contribution is -2.15. The van der Waals surface area contributed by atoms with Crippen molar-refractivity contribution < 1.29 is 14.2 Å². The van der Waals surface area contributed by atoms with Gasteiger partial charge in [0.25, 0.3) is 0 Å². The van der Waals surface area contributed by atoms with Crippen LogP contribution in [0.1, 0.15) is 0 Å². The second kappa shape index (κ2) is 9.20. The van der Waals surface area contributed by atoms with E-state index in [4.69, 9.17) is 20.6 Å². The van der Waals surface area contributed by atoms with Crippen molar-refractivity contribution in [2.45, 2.75) is 0 Å². The Morgan fingerprint density at radius 1 is 1.21 bits per heavy atom. The van der Waals surface area contributed by atoms with E-state index < -0.39 is 0 Å². The minimum atomic E-state index is 0.321. The van der Waals surface area contributed by atoms with Crippen LogP contribution >= 0.6 is 0 Å². The van der Waals surface area contributed by atoms with Crippen molar-refractivity contribution in [3.05, 3.63) is 18.3 Å². The molecule has 0 unspecified atom stereocenters. The number of hydrogen-bond donors (Lipinski definition) is 0. The summed E-state index contributed by atoms with van der Waals surface area (Å²) in [6, 6.07) is 3.73. The quantitative estimate of drug-likeness (QED) is 0.495. The van der Waals surface area contributed by atoms with Crippen LogP contribution in [0.3, 0.4) is 0 Å². The summed E-state index contributed by atoms with van der Waals surface area (Å²) in [5.74, 6) is 3.95. The maximum absolute atomic E-state index is 5.62. The zero-order chi connectivity index (χ0) is 13.9. The topological polar surface area (TPSA) is 43.8 Å². The van der Waals surface area contributed by atoms with E-state index in [0.29, 0.717) is 33.0 Å². The van der Waals surface area contributed by atoms with Crippen LogP contribution in [0.2, 0.25) is 0 Å². The highest BCUT2D eigenvalue weighted by atomic mass is 16.5. The molecule has 0 saturated carbocycles. The lowest BCUT2D eigenvalue weighted by molar-refractivity contribution is 0.0463. The molecule has 0 N–H and O–H groups in total. The fourth-order valence-corrected chi connectivity index (χ4v) is 1.39. The summed E-state index contributed by atoms with van der Waals surface area (Å²) in [4.78, 5) is 6.15. The van der Waals surface area contributed by atoms with Gasteiger partial charge in [0.05, 0.1) is 19.8 Å². The summed E-state index contributed by atoms with van der Waals surface area (Å²) in [5.41, 5.74) is 0. The number of nitrogens with zero attached hydrogens (tertiary/aromatic N) is 2. The first-order valence-corrected chi connectivity index (χ1v) is 6.09. The molecule has 0 amide bonds. The smallest absolute Gasteiger partial charge is 0.170 e. The third-order valence-corrected chi connectivity index (χ3v) is 2.22. The van der Waals surface area contributed by atoms with Gasteiger partial charge in [-0.15, -0.1) is 6.42 Å². The van der Waals surface area contributed by atoms with Gasteiger partial charge in [-0.2, -0.15) is 0 Å². The average Bonchev–Trinajstić information content (AvgIpc) is 2.42. The normalized spacial score (nSPS) is 9.95. The van der Waals surface area contributed by atoms with Crippen molar-refractivity contribution in [3.63, 3.8) is 0 Å². The molecule has 0 fully saturated rings. The Balaban J connectivity index is 2.18. The van der Waals surface area contributed by atoms with Crippen LogP contribution in [0.15, 0.2) is 18.3 Å². The van der Waals surface area contributed by atoms with Crippen molar-refractivity contribution in [2.24, 2.45) is 0 Å². The number of terminal acetylenes is 1. The van der Waals surface area contributed by atoms with E-state index >= 15 is 0 Å². The van der Waals surface area contributed by atoms with E-state index in [9.17, 15) is 0 Å². The second-order valence-corrected chi connectivity index (χ2v) is 3.94. The molecular weight excluding hydrogens is 244 g/mol. The molecule has 0 aliphatic rings. The zero-order valence-electron chi connectivity index (χ0n) is 11.5. The maximum Gasteiger partial charge on any atom is 0.170 e. The standard InChI is InChI=1S/C14H20N2O3/c1-4-8-17-9-10-18-11-12-19-13-6-5-7-15-14(13)16(2)3/h1,5-7H,8-12H2,2-3H3. The van der Waals surface area contributed by atoms with E-state index in [1.165, 1.54) is 0 Å². The van der Waals surface area contributed by atoms with Crippen molar-refractivity contribution in [1.29, 1.82) is 0 Å². The van der Waals surface area contributed by atoms with E-state index in [1.807, 2.05) is 31.1 Å². The molecule has 0 aliphatic heterocycles. The fourth-order valence-electron chi connectivity index (χ4n) is 1.39. The molecule has 1 heterocycles. The van der Waals surface area contributed by atoms with Crippen LogP contribution in [0.5, 0.6) is 5.75 Å². The molecule has 5 heteroatoms. The molecule has 0 spiro atoms. The SMILES string of the molecule is C#CCOCCOCCOc1cccnc1N(C)C. The van der Waals surface area contributed by atoms with Gasteiger partial charge in [-0.05, 0) is 12.1 Å². The number of ether oxygens (including phenoxy) is 3. The molecule has 0 bridgehead atoms. The minimum absolute atomic E-state index is 0.321. The average molecular weight is 264 g/mol. The molecule has 104 valence electrons.